The molecule has 9 nitrogen and oxygen atoms in total. The van der Waals surface area contributed by atoms with Crippen LogP contribution in [0, 0.1) is 0 Å². The van der Waals surface area contributed by atoms with Gasteiger partial charge < -0.3 is 15.0 Å². The first-order chi connectivity index (χ1) is 15.6. The Morgan fingerprint density at radius 1 is 1.03 bits per heavy atom. The van der Waals surface area contributed by atoms with Crippen molar-refractivity contribution in [3.63, 3.8) is 0 Å². The normalized spacial score (nSPS) is 16.8. The lowest BCUT2D eigenvalue weighted by Crippen LogP contribution is -2.49. The van der Waals surface area contributed by atoms with E-state index in [0.717, 1.165) is 37.6 Å². The quantitative estimate of drug-likeness (QED) is 0.612. The van der Waals surface area contributed by atoms with Crippen LogP contribution in [0.25, 0.3) is 10.9 Å². The third kappa shape index (κ3) is 3.49. The molecule has 0 aliphatic carbocycles. The van der Waals surface area contributed by atoms with Gasteiger partial charge in [-0.2, -0.15) is 0 Å². The van der Waals surface area contributed by atoms with Gasteiger partial charge >= 0.3 is 5.69 Å². The van der Waals surface area contributed by atoms with Gasteiger partial charge in [0.1, 0.15) is 10.6 Å². The summed E-state index contributed by atoms with van der Waals surface area (Å²) < 4.78 is 8.37. The average molecular weight is 456 g/mol. The number of rotatable bonds is 5. The van der Waals surface area contributed by atoms with Crippen molar-refractivity contribution < 1.29 is 9.53 Å². The molecule has 1 aromatic carbocycles. The predicted octanol–water partition coefficient (Wildman–Crippen LogP) is 0.799. The van der Waals surface area contributed by atoms with Gasteiger partial charge in [0.15, 0.2) is 0 Å². The molecule has 2 aliphatic heterocycles. The molecule has 3 aromatic rings. The van der Waals surface area contributed by atoms with E-state index in [-0.39, 0.29) is 17.2 Å². The van der Waals surface area contributed by atoms with Crippen molar-refractivity contribution in [1.82, 2.24) is 19.4 Å². The summed E-state index contributed by atoms with van der Waals surface area (Å²) in [6.45, 7) is 5.05. The molecule has 32 heavy (non-hydrogen) atoms. The maximum Gasteiger partial charge on any atom is 0.331 e. The van der Waals surface area contributed by atoms with Crippen LogP contribution in [-0.2, 0) is 13.1 Å². The van der Waals surface area contributed by atoms with Crippen LogP contribution in [0.4, 0.5) is 5.69 Å². The summed E-state index contributed by atoms with van der Waals surface area (Å²) in [4.78, 5) is 43.4. The molecule has 5 rings (SSSR count). The summed E-state index contributed by atoms with van der Waals surface area (Å²) in [5, 5.41) is 4.93. The van der Waals surface area contributed by atoms with E-state index >= 15 is 0 Å². The topological polar surface area (TPSA) is 88.8 Å². The molecule has 0 atom stereocenters. The second-order valence-corrected chi connectivity index (χ2v) is 8.85. The zero-order valence-corrected chi connectivity index (χ0v) is 18.7. The molecule has 0 bridgehead atoms. The lowest BCUT2D eigenvalue weighted by molar-refractivity contribution is 0.0960. The molecule has 1 amide bonds. The van der Waals surface area contributed by atoms with Crippen LogP contribution in [0.1, 0.15) is 9.67 Å². The number of hydrogen-bond acceptors (Lipinski definition) is 7. The second-order valence-electron chi connectivity index (χ2n) is 7.97. The van der Waals surface area contributed by atoms with E-state index in [4.69, 9.17) is 4.74 Å². The summed E-state index contributed by atoms with van der Waals surface area (Å²) in [6, 6.07) is 8.00. The van der Waals surface area contributed by atoms with Crippen molar-refractivity contribution in [3.05, 3.63) is 55.4 Å². The van der Waals surface area contributed by atoms with Gasteiger partial charge in [-0.15, -0.1) is 11.3 Å². The van der Waals surface area contributed by atoms with Gasteiger partial charge in [-0.3, -0.25) is 23.6 Å². The fourth-order valence-electron chi connectivity index (χ4n) is 4.52. The molecule has 0 saturated carbocycles. The van der Waals surface area contributed by atoms with Crippen LogP contribution in [0.2, 0.25) is 0 Å². The summed E-state index contributed by atoms with van der Waals surface area (Å²) in [6.07, 6.45) is 0. The van der Waals surface area contributed by atoms with E-state index in [0.29, 0.717) is 42.0 Å². The van der Waals surface area contributed by atoms with Gasteiger partial charge in [0.2, 0.25) is 0 Å². The highest BCUT2D eigenvalue weighted by Gasteiger charge is 2.25. The minimum Gasteiger partial charge on any atom is -0.495 e. The van der Waals surface area contributed by atoms with Gasteiger partial charge in [0, 0.05) is 57.7 Å². The third-order valence-electron chi connectivity index (χ3n) is 6.24. The van der Waals surface area contributed by atoms with E-state index in [1.807, 2.05) is 18.2 Å². The van der Waals surface area contributed by atoms with Crippen molar-refractivity contribution in [2.24, 2.45) is 0 Å². The monoisotopic (exact) mass is 455 g/mol. The minimum atomic E-state index is -0.341. The van der Waals surface area contributed by atoms with Crippen molar-refractivity contribution in [3.8, 4) is 5.75 Å². The first-order valence-corrected chi connectivity index (χ1v) is 11.6. The first-order valence-electron chi connectivity index (χ1n) is 10.7. The van der Waals surface area contributed by atoms with E-state index in [1.54, 1.807) is 17.1 Å². The Morgan fingerprint density at radius 2 is 1.81 bits per heavy atom. The predicted molar refractivity (Wildman–Crippen MR) is 124 cm³/mol. The Labute approximate surface area is 188 Å². The Hall–Kier alpha value is -3.11. The highest BCUT2D eigenvalue weighted by Crippen LogP contribution is 2.28. The molecular formula is C22H25N5O4S. The number of benzene rings is 1. The SMILES string of the molecule is COc1ccccc1N1CCN(CCn2c(=O)c3csc4c3n(c2=O)CCNC4=O)CC1. The standard InChI is InChI=1S/C22H25N5O4S/c1-31-17-5-3-2-4-16(17)25-11-8-24(9-12-25)10-13-27-21(29)15-14-32-19-18(15)26(22(27)30)7-6-23-20(19)28/h2-5,14H,6-13H2,1H3,(H,23,28). The average Bonchev–Trinajstić information content (AvgIpc) is 3.19. The number of methoxy groups -OCH3 is 1. The van der Waals surface area contributed by atoms with Crippen molar-refractivity contribution in [2.75, 3.05) is 51.3 Å². The van der Waals surface area contributed by atoms with E-state index < -0.39 is 0 Å². The molecule has 1 N–H and O–H groups in total. The van der Waals surface area contributed by atoms with Crippen molar-refractivity contribution in [1.29, 1.82) is 0 Å². The van der Waals surface area contributed by atoms with Crippen LogP contribution in [0.5, 0.6) is 5.75 Å². The highest BCUT2D eigenvalue weighted by molar-refractivity contribution is 7.13. The molecule has 4 heterocycles. The van der Waals surface area contributed by atoms with E-state index in [9.17, 15) is 14.4 Å². The summed E-state index contributed by atoms with van der Waals surface area (Å²) in [7, 11) is 1.68. The lowest BCUT2D eigenvalue weighted by Gasteiger charge is -2.36. The molecule has 2 aromatic heterocycles. The van der Waals surface area contributed by atoms with Gasteiger partial charge in [-0.25, -0.2) is 4.79 Å². The zero-order valence-electron chi connectivity index (χ0n) is 17.9. The second kappa shape index (κ2) is 8.44. The number of amides is 1. The van der Waals surface area contributed by atoms with Gasteiger partial charge in [0.05, 0.1) is 23.7 Å². The molecular weight excluding hydrogens is 430 g/mol. The molecule has 10 heteroatoms. The number of para-hydroxylation sites is 2. The molecule has 0 spiro atoms. The molecule has 2 aliphatic rings. The largest absolute Gasteiger partial charge is 0.495 e. The van der Waals surface area contributed by atoms with E-state index in [1.165, 1.54) is 15.9 Å². The number of nitrogens with one attached hydrogen (secondary N) is 1. The van der Waals surface area contributed by atoms with Gasteiger partial charge in [-0.05, 0) is 12.1 Å². The molecule has 168 valence electrons. The van der Waals surface area contributed by atoms with E-state index in [2.05, 4.69) is 21.2 Å². The maximum absolute atomic E-state index is 13.1. The number of piperazine rings is 1. The summed E-state index contributed by atoms with van der Waals surface area (Å²) in [5.41, 5.74) is 0.903. The van der Waals surface area contributed by atoms with Gasteiger partial charge in [-0.1, -0.05) is 12.1 Å². The molecule has 0 radical (unpaired) electrons. The van der Waals surface area contributed by atoms with Crippen LogP contribution in [0.15, 0.2) is 39.2 Å². The van der Waals surface area contributed by atoms with Crippen molar-refractivity contribution >= 4 is 33.8 Å². The van der Waals surface area contributed by atoms with Crippen LogP contribution < -0.4 is 26.2 Å². The minimum absolute atomic E-state index is 0.222. The zero-order chi connectivity index (χ0) is 22.2. The number of carbonyl (C=O) groups is 1. The molecule has 1 fully saturated rings. The third-order valence-corrected chi connectivity index (χ3v) is 7.21. The number of aromatic nitrogens is 2. The Balaban J connectivity index is 1.32. The Kier molecular flexibility index (Phi) is 5.48. The molecule has 1 saturated heterocycles. The Bertz CT molecular complexity index is 1290. The number of nitrogens with zero attached hydrogens (tertiary/aromatic N) is 4. The number of hydrogen-bond donors (Lipinski definition) is 1. The fourth-order valence-corrected chi connectivity index (χ4v) is 5.48. The first kappa shape index (κ1) is 20.8. The van der Waals surface area contributed by atoms with Crippen LogP contribution >= 0.6 is 11.3 Å². The van der Waals surface area contributed by atoms with Crippen molar-refractivity contribution in [2.45, 2.75) is 13.1 Å². The fraction of sp³-hybridized carbons (Fsp3) is 0.409. The lowest BCUT2D eigenvalue weighted by atomic mass is 10.2. The van der Waals surface area contributed by atoms with Crippen LogP contribution in [-0.4, -0.2) is 66.3 Å². The number of anilines is 1. The molecule has 0 unspecified atom stereocenters. The summed E-state index contributed by atoms with van der Waals surface area (Å²) >= 11 is 1.22. The Morgan fingerprint density at radius 3 is 2.59 bits per heavy atom. The maximum atomic E-state index is 13.1. The number of ether oxygens (including phenoxy) is 1. The number of thiophene rings is 1. The summed E-state index contributed by atoms with van der Waals surface area (Å²) in [5.74, 6) is 0.641. The number of carbonyl (C=O) groups excluding carboxylic acids is 1. The smallest absolute Gasteiger partial charge is 0.331 e. The van der Waals surface area contributed by atoms with Crippen LogP contribution in [0.3, 0.4) is 0 Å². The highest BCUT2D eigenvalue weighted by atomic mass is 32.1. The van der Waals surface area contributed by atoms with Gasteiger partial charge in [0.25, 0.3) is 11.5 Å².